The first kappa shape index (κ1) is 9.01. The second kappa shape index (κ2) is 3.55. The number of likely N-dealkylation sites (tertiary alicyclic amines) is 1. The van der Waals surface area contributed by atoms with Gasteiger partial charge in [-0.3, -0.25) is 0 Å². The normalized spacial score (nSPS) is 33.5. The van der Waals surface area contributed by atoms with Gasteiger partial charge in [-0.15, -0.1) is 0 Å². The van der Waals surface area contributed by atoms with E-state index in [0.29, 0.717) is 6.04 Å². The topological polar surface area (TPSA) is 23.5 Å². The zero-order chi connectivity index (χ0) is 8.43. The molecule has 1 rings (SSSR count). The largest absolute Gasteiger partial charge is 0.392 e. The monoisotopic (exact) mass is 157 g/mol. The van der Waals surface area contributed by atoms with Crippen LogP contribution in [-0.4, -0.2) is 35.7 Å². The molecule has 1 aliphatic heterocycles. The Hall–Kier alpha value is -0.0800. The molecular formula is C9H19NO. The molecule has 1 saturated heterocycles. The standard InChI is InChI=1S/C9H19NO/c1-7(2)4-8-5-9(11)6-10(8)3/h7-9,11H,4-6H2,1-3H3. The molecule has 0 aromatic carbocycles. The van der Waals surface area contributed by atoms with Crippen LogP contribution in [0.1, 0.15) is 26.7 Å². The first-order valence-corrected chi connectivity index (χ1v) is 4.48. The number of hydrogen-bond acceptors (Lipinski definition) is 2. The Morgan fingerprint density at radius 3 is 2.55 bits per heavy atom. The van der Waals surface area contributed by atoms with Crippen LogP contribution in [-0.2, 0) is 0 Å². The van der Waals surface area contributed by atoms with E-state index in [0.717, 1.165) is 18.9 Å². The van der Waals surface area contributed by atoms with Crippen LogP contribution < -0.4 is 0 Å². The van der Waals surface area contributed by atoms with E-state index in [4.69, 9.17) is 0 Å². The first-order valence-electron chi connectivity index (χ1n) is 4.48. The van der Waals surface area contributed by atoms with Crippen LogP contribution in [0.15, 0.2) is 0 Å². The Bertz CT molecular complexity index is 125. The van der Waals surface area contributed by atoms with Crippen LogP contribution >= 0.6 is 0 Å². The summed E-state index contributed by atoms with van der Waals surface area (Å²) < 4.78 is 0. The quantitative estimate of drug-likeness (QED) is 0.649. The minimum absolute atomic E-state index is 0.0799. The van der Waals surface area contributed by atoms with Crippen molar-refractivity contribution in [3.8, 4) is 0 Å². The smallest absolute Gasteiger partial charge is 0.0682 e. The highest BCUT2D eigenvalue weighted by Crippen LogP contribution is 2.21. The predicted octanol–water partition coefficient (Wildman–Crippen LogP) is 1.10. The van der Waals surface area contributed by atoms with E-state index in [-0.39, 0.29) is 6.10 Å². The molecule has 11 heavy (non-hydrogen) atoms. The summed E-state index contributed by atoms with van der Waals surface area (Å²) in [6.07, 6.45) is 2.10. The summed E-state index contributed by atoms with van der Waals surface area (Å²) in [5.41, 5.74) is 0. The Morgan fingerprint density at radius 1 is 1.55 bits per heavy atom. The number of rotatable bonds is 2. The van der Waals surface area contributed by atoms with Crippen molar-refractivity contribution in [3.05, 3.63) is 0 Å². The molecule has 0 amide bonds. The molecule has 0 aromatic heterocycles. The van der Waals surface area contributed by atoms with Gasteiger partial charge in [0.05, 0.1) is 6.10 Å². The molecule has 1 heterocycles. The Labute approximate surface area is 69.2 Å². The highest BCUT2D eigenvalue weighted by Gasteiger charge is 2.27. The summed E-state index contributed by atoms with van der Waals surface area (Å²) in [6, 6.07) is 0.616. The van der Waals surface area contributed by atoms with Gasteiger partial charge in [0.15, 0.2) is 0 Å². The minimum atomic E-state index is -0.0799. The summed E-state index contributed by atoms with van der Waals surface area (Å²) in [7, 11) is 2.10. The molecule has 0 aromatic rings. The van der Waals surface area contributed by atoms with E-state index >= 15 is 0 Å². The molecule has 2 nitrogen and oxygen atoms in total. The van der Waals surface area contributed by atoms with Crippen molar-refractivity contribution >= 4 is 0 Å². The van der Waals surface area contributed by atoms with Crippen molar-refractivity contribution in [2.75, 3.05) is 13.6 Å². The number of aliphatic hydroxyl groups is 1. The maximum atomic E-state index is 9.34. The third-order valence-corrected chi connectivity index (χ3v) is 2.41. The van der Waals surface area contributed by atoms with E-state index in [1.165, 1.54) is 6.42 Å². The van der Waals surface area contributed by atoms with E-state index < -0.39 is 0 Å². The zero-order valence-electron chi connectivity index (χ0n) is 7.75. The van der Waals surface area contributed by atoms with E-state index in [1.807, 2.05) is 0 Å². The van der Waals surface area contributed by atoms with E-state index in [1.54, 1.807) is 0 Å². The van der Waals surface area contributed by atoms with E-state index in [2.05, 4.69) is 25.8 Å². The minimum Gasteiger partial charge on any atom is -0.392 e. The molecule has 0 spiro atoms. The summed E-state index contributed by atoms with van der Waals surface area (Å²) in [5.74, 6) is 0.743. The number of β-amino-alcohol motifs (C(OH)–C–C–N with tert-alkyl or cyclic N) is 1. The molecule has 1 aliphatic rings. The lowest BCUT2D eigenvalue weighted by molar-refractivity contribution is 0.182. The number of hydrogen-bond donors (Lipinski definition) is 1. The summed E-state index contributed by atoms with van der Waals surface area (Å²) >= 11 is 0. The lowest BCUT2D eigenvalue weighted by atomic mass is 10.0. The van der Waals surface area contributed by atoms with Crippen molar-refractivity contribution in [1.82, 2.24) is 4.90 Å². The summed E-state index contributed by atoms with van der Waals surface area (Å²) in [4.78, 5) is 2.27. The van der Waals surface area contributed by atoms with Gasteiger partial charge in [0.25, 0.3) is 0 Å². The van der Waals surface area contributed by atoms with Gasteiger partial charge in [-0.05, 0) is 25.8 Å². The van der Waals surface area contributed by atoms with Gasteiger partial charge in [0.2, 0.25) is 0 Å². The third kappa shape index (κ3) is 2.46. The first-order chi connectivity index (χ1) is 5.09. The second-order valence-corrected chi connectivity index (χ2v) is 4.11. The Kier molecular flexibility index (Phi) is 2.90. The highest BCUT2D eigenvalue weighted by atomic mass is 16.3. The van der Waals surface area contributed by atoms with Gasteiger partial charge < -0.3 is 10.0 Å². The lowest BCUT2D eigenvalue weighted by Gasteiger charge is -2.20. The number of aliphatic hydroxyl groups excluding tert-OH is 1. The van der Waals surface area contributed by atoms with Crippen LogP contribution in [0.3, 0.4) is 0 Å². The van der Waals surface area contributed by atoms with Gasteiger partial charge >= 0.3 is 0 Å². The molecule has 0 radical (unpaired) electrons. The molecule has 66 valence electrons. The van der Waals surface area contributed by atoms with Crippen molar-refractivity contribution < 1.29 is 5.11 Å². The zero-order valence-corrected chi connectivity index (χ0v) is 7.75. The number of nitrogens with zero attached hydrogens (tertiary/aromatic N) is 1. The van der Waals surface area contributed by atoms with Crippen LogP contribution in [0.2, 0.25) is 0 Å². The second-order valence-electron chi connectivity index (χ2n) is 4.11. The van der Waals surface area contributed by atoms with E-state index in [9.17, 15) is 5.11 Å². The van der Waals surface area contributed by atoms with Gasteiger partial charge in [0, 0.05) is 12.6 Å². The highest BCUT2D eigenvalue weighted by molar-refractivity contribution is 4.83. The van der Waals surface area contributed by atoms with Crippen molar-refractivity contribution in [2.24, 2.45) is 5.92 Å². The summed E-state index contributed by atoms with van der Waals surface area (Å²) in [6.45, 7) is 5.33. The molecule has 2 heteroatoms. The third-order valence-electron chi connectivity index (χ3n) is 2.41. The molecule has 2 unspecified atom stereocenters. The summed E-state index contributed by atoms with van der Waals surface area (Å²) in [5, 5.41) is 9.34. The lowest BCUT2D eigenvalue weighted by Crippen LogP contribution is -2.26. The average molecular weight is 157 g/mol. The Balaban J connectivity index is 2.34. The average Bonchev–Trinajstić information content (AvgIpc) is 2.09. The fourth-order valence-electron chi connectivity index (χ4n) is 1.87. The van der Waals surface area contributed by atoms with Crippen molar-refractivity contribution in [3.63, 3.8) is 0 Å². The molecular weight excluding hydrogens is 138 g/mol. The van der Waals surface area contributed by atoms with Crippen LogP contribution in [0.25, 0.3) is 0 Å². The van der Waals surface area contributed by atoms with Crippen LogP contribution in [0, 0.1) is 5.92 Å². The van der Waals surface area contributed by atoms with Crippen molar-refractivity contribution in [1.29, 1.82) is 0 Å². The van der Waals surface area contributed by atoms with Gasteiger partial charge in [-0.2, -0.15) is 0 Å². The SMILES string of the molecule is CC(C)CC1CC(O)CN1C. The molecule has 2 atom stereocenters. The molecule has 0 saturated carbocycles. The maximum absolute atomic E-state index is 9.34. The fourth-order valence-corrected chi connectivity index (χ4v) is 1.87. The van der Waals surface area contributed by atoms with Crippen molar-refractivity contribution in [2.45, 2.75) is 38.8 Å². The number of likely N-dealkylation sites (N-methyl/N-ethyl adjacent to an activating group) is 1. The van der Waals surface area contributed by atoms with Gasteiger partial charge in [-0.1, -0.05) is 13.8 Å². The van der Waals surface area contributed by atoms with Crippen LogP contribution in [0.4, 0.5) is 0 Å². The fraction of sp³-hybridized carbons (Fsp3) is 1.00. The molecule has 1 fully saturated rings. The molecule has 0 aliphatic carbocycles. The molecule has 1 N–H and O–H groups in total. The van der Waals surface area contributed by atoms with Gasteiger partial charge in [-0.25, -0.2) is 0 Å². The predicted molar refractivity (Wildman–Crippen MR) is 46.5 cm³/mol. The molecule has 0 bridgehead atoms. The Morgan fingerprint density at radius 2 is 2.18 bits per heavy atom. The van der Waals surface area contributed by atoms with Crippen LogP contribution in [0.5, 0.6) is 0 Å². The maximum Gasteiger partial charge on any atom is 0.0682 e. The van der Waals surface area contributed by atoms with Gasteiger partial charge in [0.1, 0.15) is 0 Å².